The maximum Gasteiger partial charge on any atom is 0.252 e. The first kappa shape index (κ1) is 17.9. The minimum atomic E-state index is -0.423. The highest BCUT2D eigenvalue weighted by atomic mass is 19.1. The SMILES string of the molecule is CC1=C(C(=O)N2CCOCC2)C(c2ccc(F)cc2)C2C(=O)CCC=C2N1. The predicted molar refractivity (Wildman–Crippen MR) is 98.2 cm³/mol. The fourth-order valence-corrected chi connectivity index (χ4v) is 4.26. The third kappa shape index (κ3) is 3.30. The van der Waals surface area contributed by atoms with Crippen LogP contribution in [0.1, 0.15) is 31.2 Å². The number of ketones is 1. The van der Waals surface area contributed by atoms with Gasteiger partial charge in [0.1, 0.15) is 11.6 Å². The Morgan fingerprint density at radius 1 is 1.19 bits per heavy atom. The average molecular weight is 370 g/mol. The normalized spacial score (nSPS) is 25.6. The van der Waals surface area contributed by atoms with E-state index in [1.54, 1.807) is 17.0 Å². The van der Waals surface area contributed by atoms with Crippen molar-refractivity contribution in [3.63, 3.8) is 0 Å². The number of ether oxygens (including phenoxy) is 1. The van der Waals surface area contributed by atoms with Gasteiger partial charge in [0.05, 0.1) is 19.1 Å². The zero-order valence-corrected chi connectivity index (χ0v) is 15.3. The molecule has 4 rings (SSSR count). The van der Waals surface area contributed by atoms with Crippen LogP contribution in [0.4, 0.5) is 4.39 Å². The van der Waals surface area contributed by atoms with Gasteiger partial charge in [-0.05, 0) is 31.0 Å². The van der Waals surface area contributed by atoms with Crippen LogP contribution in [-0.4, -0.2) is 42.9 Å². The number of carbonyl (C=O) groups is 2. The van der Waals surface area contributed by atoms with Crippen LogP contribution in [0.25, 0.3) is 0 Å². The van der Waals surface area contributed by atoms with Gasteiger partial charge in [-0.3, -0.25) is 9.59 Å². The lowest BCUT2D eigenvalue weighted by Gasteiger charge is -2.40. The Labute approximate surface area is 157 Å². The van der Waals surface area contributed by atoms with Crippen molar-refractivity contribution in [2.24, 2.45) is 5.92 Å². The zero-order chi connectivity index (χ0) is 19.0. The van der Waals surface area contributed by atoms with Crippen molar-refractivity contribution in [3.8, 4) is 0 Å². The number of Topliss-reactive ketones (excluding diaryl/α,β-unsaturated/α-hetero) is 1. The number of hydrogen-bond acceptors (Lipinski definition) is 4. The van der Waals surface area contributed by atoms with Gasteiger partial charge in [0.2, 0.25) is 0 Å². The number of morpholine rings is 1. The van der Waals surface area contributed by atoms with Crippen LogP contribution in [-0.2, 0) is 14.3 Å². The molecule has 1 aromatic rings. The third-order valence-electron chi connectivity index (χ3n) is 5.57. The molecule has 2 heterocycles. The molecule has 1 N–H and O–H groups in total. The van der Waals surface area contributed by atoms with Crippen molar-refractivity contribution >= 4 is 11.7 Å². The fourth-order valence-electron chi connectivity index (χ4n) is 4.26. The number of carbonyl (C=O) groups excluding carboxylic acids is 2. The summed E-state index contributed by atoms with van der Waals surface area (Å²) >= 11 is 0. The highest BCUT2D eigenvalue weighted by molar-refractivity contribution is 5.99. The number of hydrogen-bond donors (Lipinski definition) is 1. The molecule has 142 valence electrons. The van der Waals surface area contributed by atoms with Gasteiger partial charge in [-0.25, -0.2) is 4.39 Å². The third-order valence-corrected chi connectivity index (χ3v) is 5.57. The Morgan fingerprint density at radius 2 is 1.89 bits per heavy atom. The molecule has 0 bridgehead atoms. The van der Waals surface area contributed by atoms with Crippen molar-refractivity contribution in [2.45, 2.75) is 25.7 Å². The number of allylic oxidation sites excluding steroid dienone is 3. The second-order valence-corrected chi connectivity index (χ2v) is 7.24. The Balaban J connectivity index is 1.81. The van der Waals surface area contributed by atoms with Crippen molar-refractivity contribution in [1.29, 1.82) is 0 Å². The van der Waals surface area contributed by atoms with Gasteiger partial charge >= 0.3 is 0 Å². The van der Waals surface area contributed by atoms with Gasteiger partial charge < -0.3 is 15.0 Å². The van der Waals surface area contributed by atoms with E-state index >= 15 is 0 Å². The van der Waals surface area contributed by atoms with Crippen LogP contribution in [0.15, 0.2) is 47.3 Å². The molecule has 0 radical (unpaired) electrons. The standard InChI is InChI=1S/C21H23FN2O3/c1-13-18(21(26)24-9-11-27-12-10-24)19(14-5-7-15(22)8-6-14)20-16(23-13)3-2-4-17(20)25/h3,5-8,19-20,23H,2,4,9-12H2,1H3. The Bertz CT molecular complexity index is 822. The van der Waals surface area contributed by atoms with Gasteiger partial charge in [-0.1, -0.05) is 18.2 Å². The maximum absolute atomic E-state index is 13.5. The number of fused-ring (bicyclic) bond motifs is 1. The fraction of sp³-hybridized carbons (Fsp3) is 0.429. The molecule has 2 aliphatic heterocycles. The lowest BCUT2D eigenvalue weighted by Crippen LogP contribution is -2.47. The van der Waals surface area contributed by atoms with Gasteiger partial charge in [0, 0.05) is 42.4 Å². The summed E-state index contributed by atoms with van der Waals surface area (Å²) in [4.78, 5) is 28.0. The molecule has 0 saturated carbocycles. The Hall–Kier alpha value is -2.47. The molecule has 1 aliphatic carbocycles. The quantitative estimate of drug-likeness (QED) is 0.869. The lowest BCUT2D eigenvalue weighted by atomic mass is 9.70. The highest BCUT2D eigenvalue weighted by Crippen LogP contribution is 2.44. The second kappa shape index (κ2) is 7.27. The van der Waals surface area contributed by atoms with E-state index in [1.165, 1.54) is 12.1 Å². The first-order valence-electron chi connectivity index (χ1n) is 9.39. The van der Waals surface area contributed by atoms with Gasteiger partial charge in [-0.15, -0.1) is 0 Å². The molecule has 1 saturated heterocycles. The van der Waals surface area contributed by atoms with Crippen LogP contribution in [0.2, 0.25) is 0 Å². The summed E-state index contributed by atoms with van der Waals surface area (Å²) < 4.78 is 18.9. The maximum atomic E-state index is 13.5. The molecule has 3 aliphatic rings. The van der Waals surface area contributed by atoms with E-state index in [1.807, 2.05) is 13.0 Å². The molecular formula is C21H23FN2O3. The van der Waals surface area contributed by atoms with Crippen LogP contribution in [0.3, 0.4) is 0 Å². The van der Waals surface area contributed by atoms with E-state index < -0.39 is 11.8 Å². The van der Waals surface area contributed by atoms with Crippen LogP contribution in [0.5, 0.6) is 0 Å². The summed E-state index contributed by atoms with van der Waals surface area (Å²) in [6.45, 7) is 3.97. The first-order chi connectivity index (χ1) is 13.1. The van der Waals surface area contributed by atoms with E-state index in [9.17, 15) is 14.0 Å². The topological polar surface area (TPSA) is 58.6 Å². The molecule has 27 heavy (non-hydrogen) atoms. The summed E-state index contributed by atoms with van der Waals surface area (Å²) in [6.07, 6.45) is 3.21. The number of rotatable bonds is 2. The van der Waals surface area contributed by atoms with Gasteiger partial charge in [0.25, 0.3) is 5.91 Å². The van der Waals surface area contributed by atoms with Gasteiger partial charge in [-0.2, -0.15) is 0 Å². The van der Waals surface area contributed by atoms with Crippen LogP contribution < -0.4 is 5.32 Å². The van der Waals surface area contributed by atoms with E-state index in [4.69, 9.17) is 4.74 Å². The summed E-state index contributed by atoms with van der Waals surface area (Å²) in [5.41, 5.74) is 3.01. The lowest BCUT2D eigenvalue weighted by molar-refractivity contribution is -0.132. The molecular weight excluding hydrogens is 347 g/mol. The molecule has 1 amide bonds. The minimum absolute atomic E-state index is 0.0740. The van der Waals surface area contributed by atoms with Crippen molar-refractivity contribution in [2.75, 3.05) is 26.3 Å². The largest absolute Gasteiger partial charge is 0.378 e. The smallest absolute Gasteiger partial charge is 0.252 e. The minimum Gasteiger partial charge on any atom is -0.378 e. The van der Waals surface area contributed by atoms with E-state index in [-0.39, 0.29) is 17.5 Å². The number of benzene rings is 1. The Morgan fingerprint density at radius 3 is 2.59 bits per heavy atom. The monoisotopic (exact) mass is 370 g/mol. The predicted octanol–water partition coefficient (Wildman–Crippen LogP) is 2.51. The Kier molecular flexibility index (Phi) is 4.83. The molecule has 2 unspecified atom stereocenters. The van der Waals surface area contributed by atoms with Gasteiger partial charge in [0.15, 0.2) is 0 Å². The summed E-state index contributed by atoms with van der Waals surface area (Å²) in [7, 11) is 0. The second-order valence-electron chi connectivity index (χ2n) is 7.24. The van der Waals surface area contributed by atoms with Crippen LogP contribution >= 0.6 is 0 Å². The average Bonchev–Trinajstić information content (AvgIpc) is 2.68. The van der Waals surface area contributed by atoms with E-state index in [0.717, 1.165) is 17.0 Å². The van der Waals surface area contributed by atoms with Crippen molar-refractivity contribution in [3.05, 3.63) is 58.7 Å². The van der Waals surface area contributed by atoms with Crippen molar-refractivity contribution < 1.29 is 18.7 Å². The van der Waals surface area contributed by atoms with Crippen LogP contribution in [0, 0.1) is 11.7 Å². The number of nitrogens with one attached hydrogen (secondary N) is 1. The molecule has 6 heteroatoms. The zero-order valence-electron chi connectivity index (χ0n) is 15.3. The number of halogens is 1. The molecule has 0 aromatic heterocycles. The molecule has 1 aromatic carbocycles. The highest BCUT2D eigenvalue weighted by Gasteiger charge is 2.43. The number of amides is 1. The summed E-state index contributed by atoms with van der Waals surface area (Å²) in [5.74, 6) is -1.11. The van der Waals surface area contributed by atoms with Crippen molar-refractivity contribution in [1.82, 2.24) is 10.2 Å². The molecule has 2 atom stereocenters. The first-order valence-corrected chi connectivity index (χ1v) is 9.39. The van der Waals surface area contributed by atoms with E-state index in [0.29, 0.717) is 44.7 Å². The molecule has 0 spiro atoms. The van der Waals surface area contributed by atoms with E-state index in [2.05, 4.69) is 5.32 Å². The summed E-state index contributed by atoms with van der Waals surface area (Å²) in [5, 5.41) is 3.30. The molecule has 5 nitrogen and oxygen atoms in total. The number of nitrogens with zero attached hydrogens (tertiary/aromatic N) is 1. The summed E-state index contributed by atoms with van der Waals surface area (Å²) in [6, 6.07) is 6.15. The molecule has 1 fully saturated rings.